The Morgan fingerprint density at radius 1 is 0.875 bits per heavy atom. The summed E-state index contributed by atoms with van der Waals surface area (Å²) in [6, 6.07) is 9.44. The maximum Gasteiger partial charge on any atom is 1.00 e. The number of carbonyl (C=O) groups is 1. The molecule has 0 saturated carbocycles. The van der Waals surface area contributed by atoms with Crippen molar-refractivity contribution >= 4 is 14.1 Å². The van der Waals surface area contributed by atoms with Gasteiger partial charge in [-0.05, 0) is 47.1 Å². The number of hydrogen-bond acceptors (Lipinski definition) is 4. The molecule has 0 aromatic heterocycles. The van der Waals surface area contributed by atoms with Gasteiger partial charge in [-0.15, -0.1) is 0 Å². The van der Waals surface area contributed by atoms with E-state index in [0.717, 1.165) is 11.1 Å². The molecule has 0 radical (unpaired) electrons. The molecule has 1 aromatic carbocycles. The minimum atomic E-state index is -0.422. The summed E-state index contributed by atoms with van der Waals surface area (Å²) in [6.07, 6.45) is -0.390. The average molecular weight is 455 g/mol. The van der Waals surface area contributed by atoms with E-state index in [9.17, 15) is 4.79 Å². The third-order valence-electron chi connectivity index (χ3n) is 5.49. The van der Waals surface area contributed by atoms with Crippen LogP contribution in [-0.2, 0) is 14.2 Å². The van der Waals surface area contributed by atoms with Crippen LogP contribution >= 0.6 is 8.58 Å². The fourth-order valence-electron chi connectivity index (χ4n) is 4.43. The molecule has 1 aliphatic carbocycles. The van der Waals surface area contributed by atoms with Gasteiger partial charge in [0.1, 0.15) is 0 Å². The number of carbonyl (C=O) groups excluding carboxylic acids is 1. The molecule has 174 valence electrons. The van der Waals surface area contributed by atoms with Crippen molar-refractivity contribution in [2.75, 3.05) is 0 Å². The Hall–Kier alpha value is -0.623. The molecular formula is C26H40LiO4P. The maximum atomic E-state index is 13.3. The first-order valence-corrected chi connectivity index (χ1v) is 12.2. The van der Waals surface area contributed by atoms with Crippen LogP contribution < -0.4 is 18.9 Å². The second kappa shape index (κ2) is 11.7. The van der Waals surface area contributed by atoms with Crippen LogP contribution in [0.15, 0.2) is 41.4 Å². The van der Waals surface area contributed by atoms with Crippen molar-refractivity contribution in [3.8, 4) is 0 Å². The molecular weight excluding hydrogens is 414 g/mol. The van der Waals surface area contributed by atoms with E-state index < -0.39 is 5.41 Å². The molecule has 0 spiro atoms. The molecule has 2 rings (SSSR count). The van der Waals surface area contributed by atoms with Crippen LogP contribution in [0.4, 0.5) is 0 Å². The molecule has 0 aliphatic heterocycles. The summed E-state index contributed by atoms with van der Waals surface area (Å²) in [5, 5.41) is 0.912. The monoisotopic (exact) mass is 454 g/mol. The summed E-state index contributed by atoms with van der Waals surface area (Å²) in [6.45, 7) is 20.9. The maximum absolute atomic E-state index is 13.3. The normalized spacial score (nSPS) is 22.7. The summed E-state index contributed by atoms with van der Waals surface area (Å²) < 4.78 is 19.4. The zero-order chi connectivity index (χ0) is 23.6. The van der Waals surface area contributed by atoms with Crippen LogP contribution in [0.2, 0.25) is 0 Å². The molecule has 2 atom stereocenters. The molecule has 1 aromatic rings. The molecule has 32 heavy (non-hydrogen) atoms. The van der Waals surface area contributed by atoms with Gasteiger partial charge in [0.2, 0.25) is 0 Å². The Morgan fingerprint density at radius 3 is 1.88 bits per heavy atom. The van der Waals surface area contributed by atoms with Gasteiger partial charge in [-0.3, -0.25) is 0 Å². The van der Waals surface area contributed by atoms with Crippen molar-refractivity contribution in [3.05, 3.63) is 47.0 Å². The topological polar surface area (TPSA) is 44.8 Å². The van der Waals surface area contributed by atoms with Gasteiger partial charge in [-0.25, -0.2) is 0 Å². The molecule has 0 fully saturated rings. The van der Waals surface area contributed by atoms with E-state index in [2.05, 4.69) is 41.5 Å². The Labute approximate surface area is 209 Å². The Balaban J connectivity index is 0.00000512. The van der Waals surface area contributed by atoms with Gasteiger partial charge < -0.3 is 27.6 Å². The van der Waals surface area contributed by atoms with Crippen molar-refractivity contribution in [2.45, 2.75) is 99.8 Å². The van der Waals surface area contributed by atoms with Crippen LogP contribution in [-0.4, -0.2) is 36.0 Å². The third-order valence-corrected chi connectivity index (χ3v) is 6.63. The Bertz CT molecular complexity index is 784. The van der Waals surface area contributed by atoms with Crippen LogP contribution in [0.25, 0.3) is 0 Å². The van der Waals surface area contributed by atoms with Gasteiger partial charge in [-0.2, -0.15) is 5.31 Å². The van der Waals surface area contributed by atoms with Crippen LogP contribution in [0, 0.1) is 10.8 Å². The second-order valence-electron chi connectivity index (χ2n) is 10.3. The van der Waals surface area contributed by atoms with Crippen LogP contribution in [0.3, 0.4) is 0 Å². The predicted molar refractivity (Wildman–Crippen MR) is 129 cm³/mol. The zero-order valence-electron chi connectivity index (χ0n) is 21.9. The summed E-state index contributed by atoms with van der Waals surface area (Å²) in [5.41, 5.74) is -0.0392. The SMILES string of the molecule is CC(C)OC1=C([P-]C(=O)c2ccccc2)C(OC(C)C)C(C)(C)C(OC(C)C)C1(C)C.[Li+]. The number of hydrogen-bond donors (Lipinski definition) is 0. The number of ether oxygens (including phenoxy) is 3. The van der Waals surface area contributed by atoms with Gasteiger partial charge in [0, 0.05) is 16.4 Å². The molecule has 1 aliphatic rings. The first-order valence-electron chi connectivity index (χ1n) is 11.3. The standard InChI is InChI=1S/C26H40O4P.Li/c1-16(2)28-21-20(31-23(27)19-14-12-11-13-15-19)22(29-17(3)4)26(9,10)24(25(21,7)8)30-18(5)6;/h11-18,21,24H,1-10H3;/q-1;+1. The van der Waals surface area contributed by atoms with Gasteiger partial charge >= 0.3 is 18.9 Å². The molecule has 0 bridgehead atoms. The van der Waals surface area contributed by atoms with E-state index in [4.69, 9.17) is 14.2 Å². The van der Waals surface area contributed by atoms with E-state index in [1.165, 1.54) is 0 Å². The molecule has 0 N–H and O–H groups in total. The van der Waals surface area contributed by atoms with Gasteiger partial charge in [0.05, 0.1) is 36.3 Å². The predicted octanol–water partition coefficient (Wildman–Crippen LogP) is 4.07. The van der Waals surface area contributed by atoms with Crippen LogP contribution in [0.5, 0.6) is 0 Å². The fraction of sp³-hybridized carbons (Fsp3) is 0.654. The molecule has 0 saturated heterocycles. The Kier molecular flexibility index (Phi) is 10.7. The van der Waals surface area contributed by atoms with E-state index in [-0.39, 0.29) is 60.3 Å². The quantitative estimate of drug-likeness (QED) is 0.417. The van der Waals surface area contributed by atoms with E-state index in [0.29, 0.717) is 14.1 Å². The molecule has 2 unspecified atom stereocenters. The van der Waals surface area contributed by atoms with Crippen molar-refractivity contribution in [3.63, 3.8) is 0 Å². The molecule has 6 heteroatoms. The summed E-state index contributed by atoms with van der Waals surface area (Å²) in [5.74, 6) is 0.823. The largest absolute Gasteiger partial charge is 1.00 e. The van der Waals surface area contributed by atoms with Crippen LogP contribution in [0.1, 0.15) is 79.6 Å². The van der Waals surface area contributed by atoms with Gasteiger partial charge in [0.25, 0.3) is 0 Å². The molecule has 4 nitrogen and oxygen atoms in total. The van der Waals surface area contributed by atoms with Crippen molar-refractivity contribution in [1.29, 1.82) is 0 Å². The van der Waals surface area contributed by atoms with Crippen molar-refractivity contribution < 1.29 is 37.9 Å². The fourth-order valence-corrected chi connectivity index (χ4v) is 5.88. The van der Waals surface area contributed by atoms with E-state index in [1.54, 1.807) is 0 Å². The summed E-state index contributed by atoms with van der Waals surface area (Å²) in [4.78, 5) is 13.3. The van der Waals surface area contributed by atoms with Gasteiger partial charge in [-0.1, -0.05) is 58.0 Å². The summed E-state index contributed by atoms with van der Waals surface area (Å²) >= 11 is 0. The number of rotatable bonds is 9. The number of benzene rings is 1. The van der Waals surface area contributed by atoms with Gasteiger partial charge in [0.15, 0.2) is 0 Å². The van der Waals surface area contributed by atoms with E-state index >= 15 is 0 Å². The second-order valence-corrected chi connectivity index (χ2v) is 11.4. The van der Waals surface area contributed by atoms with E-state index in [1.807, 2.05) is 58.0 Å². The first-order chi connectivity index (χ1) is 14.3. The summed E-state index contributed by atoms with van der Waals surface area (Å²) in [7, 11) is 0.591. The molecule has 0 heterocycles. The smallest absolute Gasteiger partial charge is 0.497 e. The van der Waals surface area contributed by atoms with Crippen molar-refractivity contribution in [2.24, 2.45) is 10.8 Å². The third kappa shape index (κ3) is 6.71. The average Bonchev–Trinajstić information content (AvgIpc) is 2.66. The van der Waals surface area contributed by atoms with Crippen molar-refractivity contribution in [1.82, 2.24) is 0 Å². The zero-order valence-corrected chi connectivity index (χ0v) is 22.7. The Morgan fingerprint density at radius 2 is 1.41 bits per heavy atom. The molecule has 0 amide bonds. The minimum absolute atomic E-state index is 0. The minimum Gasteiger partial charge on any atom is -0.497 e. The first kappa shape index (κ1) is 29.4.